The van der Waals surface area contributed by atoms with Crippen molar-refractivity contribution in [1.82, 2.24) is 24.8 Å². The average Bonchev–Trinajstić information content (AvgIpc) is 3.16. The van der Waals surface area contributed by atoms with Crippen molar-refractivity contribution >= 4 is 11.7 Å². The van der Waals surface area contributed by atoms with Gasteiger partial charge in [0.1, 0.15) is 41.6 Å². The van der Waals surface area contributed by atoms with Crippen LogP contribution in [0.15, 0.2) is 67.3 Å². The molecule has 4 aromatic rings. The van der Waals surface area contributed by atoms with Gasteiger partial charge in [-0.05, 0) is 56.3 Å². The molecule has 2 aromatic carbocycles. The number of carbonyl (C=O) groups excluding carboxylic acids is 1. The molecule has 168 valence electrons. The van der Waals surface area contributed by atoms with E-state index in [1.165, 1.54) is 30.6 Å². The highest BCUT2D eigenvalue weighted by Crippen LogP contribution is 2.22. The molecular weight excluding hydrogens is 423 g/mol. The largest absolute Gasteiger partial charge is 0.457 e. The summed E-state index contributed by atoms with van der Waals surface area (Å²) >= 11 is 0. The van der Waals surface area contributed by atoms with Crippen molar-refractivity contribution in [3.63, 3.8) is 0 Å². The van der Waals surface area contributed by atoms with Gasteiger partial charge in [0.15, 0.2) is 0 Å². The third-order valence-corrected chi connectivity index (χ3v) is 5.01. The lowest BCUT2D eigenvalue weighted by Crippen LogP contribution is -2.28. The normalized spacial score (nSPS) is 10.6. The molecule has 0 aliphatic rings. The molecular formula is C24H23FN6O2. The second-order valence-electron chi connectivity index (χ2n) is 7.31. The fraction of sp³-hybridized carbons (Fsp3) is 0.167. The number of anilines is 1. The zero-order valence-electron chi connectivity index (χ0n) is 18.2. The van der Waals surface area contributed by atoms with Gasteiger partial charge in [-0.3, -0.25) is 9.36 Å². The Labute approximate surface area is 190 Å². The molecule has 0 spiro atoms. The molecule has 0 radical (unpaired) electrons. The van der Waals surface area contributed by atoms with Crippen LogP contribution >= 0.6 is 0 Å². The SMILES string of the molecule is Cc1ncn(-c2cc(NCCNC(=O)c3cccc(Oc4ccc(F)cc4)c3)ncn2)c1C. The fourth-order valence-electron chi connectivity index (χ4n) is 3.11. The van der Waals surface area contributed by atoms with E-state index in [0.29, 0.717) is 41.8 Å². The smallest absolute Gasteiger partial charge is 0.251 e. The van der Waals surface area contributed by atoms with Crippen molar-refractivity contribution in [3.8, 4) is 17.3 Å². The number of nitrogens with one attached hydrogen (secondary N) is 2. The summed E-state index contributed by atoms with van der Waals surface area (Å²) in [5.41, 5.74) is 2.42. The summed E-state index contributed by atoms with van der Waals surface area (Å²) in [6.07, 6.45) is 3.21. The van der Waals surface area contributed by atoms with Crippen LogP contribution in [-0.4, -0.2) is 38.5 Å². The summed E-state index contributed by atoms with van der Waals surface area (Å²) < 4.78 is 20.6. The average molecular weight is 446 g/mol. The molecule has 0 aliphatic heterocycles. The van der Waals surface area contributed by atoms with Crippen molar-refractivity contribution < 1.29 is 13.9 Å². The van der Waals surface area contributed by atoms with E-state index in [0.717, 1.165) is 11.4 Å². The number of aryl methyl sites for hydroxylation is 1. The Morgan fingerprint density at radius 3 is 2.58 bits per heavy atom. The number of ether oxygens (including phenoxy) is 1. The molecule has 0 bridgehead atoms. The summed E-state index contributed by atoms with van der Waals surface area (Å²) in [6, 6.07) is 14.3. The van der Waals surface area contributed by atoms with E-state index in [1.54, 1.807) is 30.6 Å². The number of imidazole rings is 1. The maximum absolute atomic E-state index is 13.0. The minimum atomic E-state index is -0.339. The number of hydrogen-bond acceptors (Lipinski definition) is 6. The number of aromatic nitrogens is 4. The predicted octanol–water partition coefficient (Wildman–Crippen LogP) is 4.05. The molecule has 33 heavy (non-hydrogen) atoms. The van der Waals surface area contributed by atoms with Gasteiger partial charge in [-0.25, -0.2) is 19.3 Å². The summed E-state index contributed by atoms with van der Waals surface area (Å²) in [5.74, 6) is 1.78. The first-order valence-electron chi connectivity index (χ1n) is 10.4. The molecule has 2 N–H and O–H groups in total. The van der Waals surface area contributed by atoms with Gasteiger partial charge in [0.2, 0.25) is 0 Å². The van der Waals surface area contributed by atoms with Crippen LogP contribution in [0.2, 0.25) is 0 Å². The van der Waals surface area contributed by atoms with Crippen LogP contribution in [0.4, 0.5) is 10.2 Å². The second kappa shape index (κ2) is 9.90. The maximum atomic E-state index is 13.0. The number of carbonyl (C=O) groups is 1. The zero-order chi connectivity index (χ0) is 23.2. The van der Waals surface area contributed by atoms with Gasteiger partial charge in [0.25, 0.3) is 5.91 Å². The fourth-order valence-corrected chi connectivity index (χ4v) is 3.11. The van der Waals surface area contributed by atoms with Gasteiger partial charge in [0.05, 0.1) is 5.69 Å². The van der Waals surface area contributed by atoms with Crippen LogP contribution in [0.25, 0.3) is 5.82 Å². The van der Waals surface area contributed by atoms with E-state index in [4.69, 9.17) is 4.74 Å². The van der Waals surface area contributed by atoms with Gasteiger partial charge in [-0.1, -0.05) is 6.07 Å². The molecule has 4 rings (SSSR count). The molecule has 0 aliphatic carbocycles. The molecule has 0 saturated carbocycles. The first kappa shape index (κ1) is 21.9. The molecule has 2 heterocycles. The Kier molecular flexibility index (Phi) is 6.58. The third-order valence-electron chi connectivity index (χ3n) is 5.01. The summed E-state index contributed by atoms with van der Waals surface area (Å²) in [5, 5.41) is 6.04. The molecule has 0 fully saturated rings. The Morgan fingerprint density at radius 1 is 1.00 bits per heavy atom. The van der Waals surface area contributed by atoms with Gasteiger partial charge < -0.3 is 15.4 Å². The first-order valence-corrected chi connectivity index (χ1v) is 10.4. The van der Waals surface area contributed by atoms with Crippen molar-refractivity contribution in [2.75, 3.05) is 18.4 Å². The number of halogens is 1. The maximum Gasteiger partial charge on any atom is 0.251 e. The molecule has 1 amide bonds. The highest BCUT2D eigenvalue weighted by molar-refractivity contribution is 5.94. The monoisotopic (exact) mass is 446 g/mol. The number of rotatable bonds is 8. The first-order chi connectivity index (χ1) is 16.0. The van der Waals surface area contributed by atoms with E-state index < -0.39 is 0 Å². The quantitative estimate of drug-likeness (QED) is 0.397. The van der Waals surface area contributed by atoms with Gasteiger partial charge in [0, 0.05) is 30.4 Å². The molecule has 0 unspecified atom stereocenters. The molecule has 0 atom stereocenters. The highest BCUT2D eigenvalue weighted by Gasteiger charge is 2.09. The standard InChI is InChI=1S/C24H23FN6O2/c1-16-17(2)31(15-30-16)23-13-22(28-14-29-23)26-10-11-27-24(32)18-4-3-5-21(12-18)33-20-8-6-19(25)7-9-20/h3-9,12-15H,10-11H2,1-2H3,(H,27,32)(H,26,28,29). The van der Waals surface area contributed by atoms with Crippen LogP contribution in [0.1, 0.15) is 21.7 Å². The van der Waals surface area contributed by atoms with Crippen LogP contribution in [0.5, 0.6) is 11.5 Å². The Bertz CT molecular complexity index is 1260. The third kappa shape index (κ3) is 5.51. The van der Waals surface area contributed by atoms with Crippen LogP contribution in [0.3, 0.4) is 0 Å². The topological polar surface area (TPSA) is 94.0 Å². The second-order valence-corrected chi connectivity index (χ2v) is 7.31. The van der Waals surface area contributed by atoms with E-state index in [2.05, 4.69) is 25.6 Å². The zero-order valence-corrected chi connectivity index (χ0v) is 18.2. The Morgan fingerprint density at radius 2 is 1.82 bits per heavy atom. The summed E-state index contributed by atoms with van der Waals surface area (Å²) in [6.45, 7) is 4.80. The molecule has 9 heteroatoms. The van der Waals surface area contributed by atoms with Crippen LogP contribution < -0.4 is 15.4 Å². The molecule has 8 nitrogen and oxygen atoms in total. The van der Waals surface area contributed by atoms with Gasteiger partial charge in [-0.2, -0.15) is 0 Å². The lowest BCUT2D eigenvalue weighted by molar-refractivity contribution is 0.0955. The van der Waals surface area contributed by atoms with Crippen molar-refractivity contribution in [1.29, 1.82) is 0 Å². The lowest BCUT2D eigenvalue weighted by atomic mass is 10.2. The number of benzene rings is 2. The number of nitrogens with zero attached hydrogens (tertiary/aromatic N) is 4. The van der Waals surface area contributed by atoms with E-state index in [-0.39, 0.29) is 11.7 Å². The van der Waals surface area contributed by atoms with Crippen molar-refractivity contribution in [2.24, 2.45) is 0 Å². The Balaban J connectivity index is 1.30. The molecule has 2 aromatic heterocycles. The number of amides is 1. The van der Waals surface area contributed by atoms with E-state index >= 15 is 0 Å². The predicted molar refractivity (Wildman–Crippen MR) is 122 cm³/mol. The Hall–Kier alpha value is -4.27. The van der Waals surface area contributed by atoms with E-state index in [9.17, 15) is 9.18 Å². The summed E-state index contributed by atoms with van der Waals surface area (Å²) in [4.78, 5) is 25.3. The van der Waals surface area contributed by atoms with Crippen molar-refractivity contribution in [3.05, 3.63) is 90.0 Å². The van der Waals surface area contributed by atoms with Gasteiger partial charge >= 0.3 is 0 Å². The lowest BCUT2D eigenvalue weighted by Gasteiger charge is -2.10. The minimum absolute atomic E-state index is 0.228. The molecule has 0 saturated heterocycles. The van der Waals surface area contributed by atoms with Crippen LogP contribution in [0, 0.1) is 19.7 Å². The minimum Gasteiger partial charge on any atom is -0.457 e. The van der Waals surface area contributed by atoms with E-state index in [1.807, 2.05) is 24.5 Å². The van der Waals surface area contributed by atoms with Gasteiger partial charge in [-0.15, -0.1) is 0 Å². The summed E-state index contributed by atoms with van der Waals surface area (Å²) in [7, 11) is 0. The van der Waals surface area contributed by atoms with Crippen LogP contribution in [-0.2, 0) is 0 Å². The van der Waals surface area contributed by atoms with Crippen molar-refractivity contribution in [2.45, 2.75) is 13.8 Å². The number of hydrogen-bond donors (Lipinski definition) is 2. The highest BCUT2D eigenvalue weighted by atomic mass is 19.1.